The number of ether oxygens (including phenoxy) is 1. The Bertz CT molecular complexity index is 474. The van der Waals surface area contributed by atoms with Crippen LogP contribution in [0.5, 0.6) is 0 Å². The summed E-state index contributed by atoms with van der Waals surface area (Å²) in [6.07, 6.45) is 0. The van der Waals surface area contributed by atoms with Crippen molar-refractivity contribution in [1.29, 1.82) is 5.26 Å². The van der Waals surface area contributed by atoms with Gasteiger partial charge in [-0.15, -0.1) is 0 Å². The summed E-state index contributed by atoms with van der Waals surface area (Å²) in [4.78, 5) is 23.2. The zero-order chi connectivity index (χ0) is 12.8. The number of esters is 1. The molecule has 1 aromatic carbocycles. The molecular weight excluding hydrogens is 218 g/mol. The standard InChI is InChI=1S/C13H13NO3/c1-3-17-13(16)11-6-4-5-10(7-11)12(15)9(2)8-14/h4-7,9H,3H2,1-2H3. The summed E-state index contributed by atoms with van der Waals surface area (Å²) in [7, 11) is 0. The Morgan fingerprint density at radius 2 is 2.06 bits per heavy atom. The van der Waals surface area contributed by atoms with Gasteiger partial charge in [-0.25, -0.2) is 4.79 Å². The van der Waals surface area contributed by atoms with Gasteiger partial charge in [0, 0.05) is 5.56 Å². The maximum Gasteiger partial charge on any atom is 0.338 e. The van der Waals surface area contributed by atoms with Crippen molar-refractivity contribution >= 4 is 11.8 Å². The molecule has 4 heteroatoms. The van der Waals surface area contributed by atoms with Crippen molar-refractivity contribution in [3.63, 3.8) is 0 Å². The molecule has 0 aliphatic carbocycles. The number of carbonyl (C=O) groups excluding carboxylic acids is 2. The molecular formula is C13H13NO3. The molecule has 0 fully saturated rings. The van der Waals surface area contributed by atoms with Gasteiger partial charge in [0.25, 0.3) is 0 Å². The van der Waals surface area contributed by atoms with Crippen LogP contribution in [0.4, 0.5) is 0 Å². The molecule has 0 amide bonds. The molecule has 88 valence electrons. The van der Waals surface area contributed by atoms with Gasteiger partial charge in [-0.05, 0) is 26.0 Å². The Morgan fingerprint density at radius 3 is 2.65 bits per heavy atom. The van der Waals surface area contributed by atoms with Crippen molar-refractivity contribution in [3.05, 3.63) is 35.4 Å². The summed E-state index contributed by atoms with van der Waals surface area (Å²) >= 11 is 0. The zero-order valence-electron chi connectivity index (χ0n) is 9.77. The van der Waals surface area contributed by atoms with Crippen molar-refractivity contribution in [2.45, 2.75) is 13.8 Å². The van der Waals surface area contributed by atoms with Crippen LogP contribution in [-0.4, -0.2) is 18.4 Å². The van der Waals surface area contributed by atoms with E-state index in [2.05, 4.69) is 0 Å². The third-order valence-electron chi connectivity index (χ3n) is 2.25. The maximum absolute atomic E-state index is 11.7. The van der Waals surface area contributed by atoms with E-state index in [1.165, 1.54) is 13.0 Å². The second kappa shape index (κ2) is 5.80. The Hall–Kier alpha value is -2.15. The van der Waals surface area contributed by atoms with Gasteiger partial charge >= 0.3 is 5.97 Å². The lowest BCUT2D eigenvalue weighted by Crippen LogP contribution is -2.11. The maximum atomic E-state index is 11.7. The fourth-order valence-electron chi connectivity index (χ4n) is 1.32. The first-order chi connectivity index (χ1) is 8.10. The number of Topliss-reactive ketones (excluding diaryl/α,β-unsaturated/α-hetero) is 1. The van der Waals surface area contributed by atoms with Crippen LogP contribution >= 0.6 is 0 Å². The predicted molar refractivity (Wildman–Crippen MR) is 61.5 cm³/mol. The highest BCUT2D eigenvalue weighted by Gasteiger charge is 2.16. The minimum absolute atomic E-state index is 0.283. The fraction of sp³-hybridized carbons (Fsp3) is 0.308. The molecule has 4 nitrogen and oxygen atoms in total. The van der Waals surface area contributed by atoms with Crippen LogP contribution < -0.4 is 0 Å². The van der Waals surface area contributed by atoms with Crippen molar-refractivity contribution in [3.8, 4) is 6.07 Å². The zero-order valence-corrected chi connectivity index (χ0v) is 9.77. The highest BCUT2D eigenvalue weighted by Crippen LogP contribution is 2.11. The minimum Gasteiger partial charge on any atom is -0.462 e. The van der Waals surface area contributed by atoms with Gasteiger partial charge in [0.1, 0.15) is 5.92 Å². The normalized spacial score (nSPS) is 11.4. The predicted octanol–water partition coefficient (Wildman–Crippen LogP) is 2.21. The van der Waals surface area contributed by atoms with Crippen LogP contribution in [0.3, 0.4) is 0 Å². The molecule has 0 aromatic heterocycles. The summed E-state index contributed by atoms with van der Waals surface area (Å²) in [5, 5.41) is 8.67. The lowest BCUT2D eigenvalue weighted by Gasteiger charge is -2.05. The summed E-state index contributed by atoms with van der Waals surface area (Å²) in [5.74, 6) is -1.47. The van der Waals surface area contributed by atoms with Gasteiger partial charge in [0.05, 0.1) is 18.2 Å². The van der Waals surface area contributed by atoms with E-state index < -0.39 is 11.9 Å². The largest absolute Gasteiger partial charge is 0.462 e. The third kappa shape index (κ3) is 3.15. The number of hydrogen-bond donors (Lipinski definition) is 0. The van der Waals surface area contributed by atoms with Crippen LogP contribution in [0.15, 0.2) is 24.3 Å². The lowest BCUT2D eigenvalue weighted by atomic mass is 9.99. The molecule has 1 unspecified atom stereocenters. The molecule has 0 heterocycles. The number of ketones is 1. The average Bonchev–Trinajstić information content (AvgIpc) is 2.37. The van der Waals surface area contributed by atoms with Crippen LogP contribution in [0.1, 0.15) is 34.6 Å². The summed E-state index contributed by atoms with van der Waals surface area (Å²) in [5.41, 5.74) is 0.674. The third-order valence-corrected chi connectivity index (χ3v) is 2.25. The fourth-order valence-corrected chi connectivity index (χ4v) is 1.32. The Labute approximate surface area is 99.8 Å². The Balaban J connectivity index is 2.98. The monoisotopic (exact) mass is 231 g/mol. The van der Waals surface area contributed by atoms with E-state index >= 15 is 0 Å². The molecule has 1 rings (SSSR count). The minimum atomic E-state index is -0.715. The van der Waals surface area contributed by atoms with Gasteiger partial charge in [-0.2, -0.15) is 5.26 Å². The molecule has 0 aliphatic heterocycles. The molecule has 17 heavy (non-hydrogen) atoms. The first kappa shape index (κ1) is 12.9. The Morgan fingerprint density at radius 1 is 1.41 bits per heavy atom. The molecule has 1 atom stereocenters. The van der Waals surface area contributed by atoms with E-state index in [4.69, 9.17) is 10.00 Å². The second-order valence-corrected chi connectivity index (χ2v) is 3.52. The Kier molecular flexibility index (Phi) is 4.41. The van der Waals surface area contributed by atoms with Gasteiger partial charge in [-0.1, -0.05) is 12.1 Å². The summed E-state index contributed by atoms with van der Waals surface area (Å²) in [6.45, 7) is 3.52. The van der Waals surface area contributed by atoms with E-state index in [9.17, 15) is 9.59 Å². The number of nitriles is 1. The SMILES string of the molecule is CCOC(=O)c1cccc(C(=O)C(C)C#N)c1. The molecule has 0 spiro atoms. The molecule has 0 radical (unpaired) electrons. The van der Waals surface area contributed by atoms with E-state index in [0.29, 0.717) is 11.1 Å². The first-order valence-corrected chi connectivity index (χ1v) is 5.31. The topological polar surface area (TPSA) is 67.2 Å². The number of nitrogens with zero attached hydrogens (tertiary/aromatic N) is 1. The number of benzene rings is 1. The number of hydrogen-bond acceptors (Lipinski definition) is 4. The highest BCUT2D eigenvalue weighted by atomic mass is 16.5. The lowest BCUT2D eigenvalue weighted by molar-refractivity contribution is 0.0526. The number of carbonyl (C=O) groups is 2. The van der Waals surface area contributed by atoms with Gasteiger partial charge in [0.2, 0.25) is 0 Å². The number of rotatable bonds is 4. The van der Waals surface area contributed by atoms with E-state index in [0.717, 1.165) is 0 Å². The quantitative estimate of drug-likeness (QED) is 0.588. The van der Waals surface area contributed by atoms with Crippen molar-refractivity contribution in [2.24, 2.45) is 5.92 Å². The van der Waals surface area contributed by atoms with Crippen LogP contribution in [0.25, 0.3) is 0 Å². The van der Waals surface area contributed by atoms with E-state index in [-0.39, 0.29) is 12.4 Å². The van der Waals surface area contributed by atoms with E-state index in [1.807, 2.05) is 6.07 Å². The highest BCUT2D eigenvalue weighted by molar-refractivity contribution is 6.01. The molecule has 0 saturated carbocycles. The summed E-state index contributed by atoms with van der Waals surface area (Å²) in [6, 6.07) is 8.08. The van der Waals surface area contributed by atoms with Crippen molar-refractivity contribution < 1.29 is 14.3 Å². The molecule has 0 bridgehead atoms. The summed E-state index contributed by atoms with van der Waals surface area (Å²) < 4.78 is 4.83. The smallest absolute Gasteiger partial charge is 0.338 e. The van der Waals surface area contributed by atoms with Crippen molar-refractivity contribution in [2.75, 3.05) is 6.61 Å². The van der Waals surface area contributed by atoms with Gasteiger partial charge in [-0.3, -0.25) is 4.79 Å². The van der Waals surface area contributed by atoms with Crippen LogP contribution in [0.2, 0.25) is 0 Å². The van der Waals surface area contributed by atoms with Gasteiger partial charge < -0.3 is 4.74 Å². The van der Waals surface area contributed by atoms with Crippen molar-refractivity contribution in [1.82, 2.24) is 0 Å². The van der Waals surface area contributed by atoms with Gasteiger partial charge in [0.15, 0.2) is 5.78 Å². The second-order valence-electron chi connectivity index (χ2n) is 3.52. The van der Waals surface area contributed by atoms with E-state index in [1.54, 1.807) is 25.1 Å². The molecule has 0 aliphatic rings. The van der Waals surface area contributed by atoms with Crippen LogP contribution in [-0.2, 0) is 4.74 Å². The first-order valence-electron chi connectivity index (χ1n) is 5.31. The van der Waals surface area contributed by atoms with Crippen LogP contribution in [0, 0.1) is 17.2 Å². The average molecular weight is 231 g/mol. The molecule has 1 aromatic rings. The molecule has 0 N–H and O–H groups in total. The molecule has 0 saturated heterocycles.